The molecule has 0 radical (unpaired) electrons. The smallest absolute Gasteiger partial charge is 0.416 e. The molecule has 1 N–H and O–H groups in total. The minimum atomic E-state index is -4.46. The molecular weight excluding hydrogens is 385 g/mol. The van der Waals surface area contributed by atoms with Gasteiger partial charge in [0.05, 0.1) is 17.1 Å². The first kappa shape index (κ1) is 20.7. The van der Waals surface area contributed by atoms with Gasteiger partial charge in [0.15, 0.2) is 11.4 Å². The molecule has 0 bridgehead atoms. The number of ketones is 1. The molecule has 0 aliphatic carbocycles. The van der Waals surface area contributed by atoms with Crippen LogP contribution in [0.1, 0.15) is 29.8 Å². The third-order valence-corrected chi connectivity index (χ3v) is 3.89. The van der Waals surface area contributed by atoms with Gasteiger partial charge in [-0.1, -0.05) is 11.6 Å². The van der Waals surface area contributed by atoms with Gasteiger partial charge < -0.3 is 10.1 Å². The lowest BCUT2D eigenvalue weighted by molar-refractivity contribution is -0.138. The van der Waals surface area contributed by atoms with Crippen LogP contribution in [0.4, 0.5) is 13.2 Å². The van der Waals surface area contributed by atoms with Gasteiger partial charge in [0, 0.05) is 18.0 Å². The number of nitrogens with zero attached hydrogens (tertiary/aromatic N) is 1. The molecular formula is C18H16ClF3N2O3. The molecule has 5 nitrogen and oxygen atoms in total. The summed E-state index contributed by atoms with van der Waals surface area (Å²) >= 11 is 5.88. The van der Waals surface area contributed by atoms with Crippen LogP contribution in [0.3, 0.4) is 0 Å². The van der Waals surface area contributed by atoms with E-state index in [1.807, 2.05) is 0 Å². The molecule has 1 heterocycles. The molecule has 2 rings (SSSR count). The lowest BCUT2D eigenvalue weighted by Crippen LogP contribution is -2.48. The highest BCUT2D eigenvalue weighted by atomic mass is 35.5. The monoisotopic (exact) mass is 400 g/mol. The lowest BCUT2D eigenvalue weighted by Gasteiger charge is -2.25. The van der Waals surface area contributed by atoms with Crippen LogP contribution in [0, 0.1) is 0 Å². The predicted molar refractivity (Wildman–Crippen MR) is 92.7 cm³/mol. The molecule has 9 heteroatoms. The largest absolute Gasteiger partial charge is 0.478 e. The minimum Gasteiger partial charge on any atom is -0.478 e. The summed E-state index contributed by atoms with van der Waals surface area (Å²) in [6.45, 7) is 2.55. The number of rotatable bonds is 6. The summed E-state index contributed by atoms with van der Waals surface area (Å²) in [7, 11) is 0. The molecule has 0 fully saturated rings. The highest BCUT2D eigenvalue weighted by Crippen LogP contribution is 2.31. The maximum Gasteiger partial charge on any atom is 0.416 e. The SMILES string of the molecule is CC(C)(Oc1ccc(C(F)(F)F)cc1)C(=O)NCC(=O)c1ccncc1Cl. The number of ether oxygens (including phenoxy) is 1. The highest BCUT2D eigenvalue weighted by Gasteiger charge is 2.32. The maximum atomic E-state index is 12.6. The third kappa shape index (κ3) is 5.43. The van der Waals surface area contributed by atoms with Crippen molar-refractivity contribution in [3.05, 3.63) is 58.9 Å². The van der Waals surface area contributed by atoms with Crippen LogP contribution >= 0.6 is 11.6 Å². The first-order valence-electron chi connectivity index (χ1n) is 7.78. The van der Waals surface area contributed by atoms with Crippen molar-refractivity contribution in [1.82, 2.24) is 10.3 Å². The number of amides is 1. The van der Waals surface area contributed by atoms with E-state index in [1.54, 1.807) is 0 Å². The first-order valence-corrected chi connectivity index (χ1v) is 8.16. The second-order valence-electron chi connectivity index (χ2n) is 6.10. The summed E-state index contributed by atoms with van der Waals surface area (Å²) in [4.78, 5) is 28.2. The molecule has 144 valence electrons. The van der Waals surface area contributed by atoms with Crippen LogP contribution in [0.5, 0.6) is 5.75 Å². The van der Waals surface area contributed by atoms with Gasteiger partial charge in [-0.25, -0.2) is 0 Å². The zero-order valence-electron chi connectivity index (χ0n) is 14.4. The van der Waals surface area contributed by atoms with E-state index in [9.17, 15) is 22.8 Å². The lowest BCUT2D eigenvalue weighted by atomic mass is 10.1. The van der Waals surface area contributed by atoms with E-state index in [1.165, 1.54) is 32.3 Å². The molecule has 0 saturated heterocycles. The molecule has 1 aromatic heterocycles. The van der Waals surface area contributed by atoms with E-state index in [-0.39, 0.29) is 22.9 Å². The van der Waals surface area contributed by atoms with Gasteiger partial charge >= 0.3 is 6.18 Å². The Labute approximate surface area is 158 Å². The Kier molecular flexibility index (Phi) is 6.10. The zero-order valence-corrected chi connectivity index (χ0v) is 15.2. The summed E-state index contributed by atoms with van der Waals surface area (Å²) in [5.74, 6) is -0.936. The Morgan fingerprint density at radius 3 is 2.33 bits per heavy atom. The molecule has 1 aromatic carbocycles. The van der Waals surface area contributed by atoms with E-state index in [0.29, 0.717) is 0 Å². The Bertz CT molecular complexity index is 836. The number of benzene rings is 1. The topological polar surface area (TPSA) is 68.3 Å². The first-order chi connectivity index (χ1) is 12.5. The maximum absolute atomic E-state index is 12.6. The molecule has 0 saturated carbocycles. The number of hydrogen-bond acceptors (Lipinski definition) is 4. The van der Waals surface area contributed by atoms with E-state index < -0.39 is 29.0 Å². The molecule has 2 aromatic rings. The van der Waals surface area contributed by atoms with Gasteiger partial charge in [-0.05, 0) is 44.2 Å². The zero-order chi connectivity index (χ0) is 20.2. The van der Waals surface area contributed by atoms with E-state index in [4.69, 9.17) is 16.3 Å². The van der Waals surface area contributed by atoms with Gasteiger partial charge in [0.25, 0.3) is 5.91 Å². The summed E-state index contributed by atoms with van der Waals surface area (Å²) in [5, 5.41) is 2.60. The van der Waals surface area contributed by atoms with Crippen molar-refractivity contribution in [3.63, 3.8) is 0 Å². The minimum absolute atomic E-state index is 0.0895. The van der Waals surface area contributed by atoms with Gasteiger partial charge in [0.2, 0.25) is 0 Å². The van der Waals surface area contributed by atoms with E-state index in [2.05, 4.69) is 10.3 Å². The summed E-state index contributed by atoms with van der Waals surface area (Å²) < 4.78 is 43.2. The van der Waals surface area contributed by atoms with Crippen LogP contribution < -0.4 is 10.1 Å². The summed E-state index contributed by atoms with van der Waals surface area (Å²) in [5.41, 5.74) is -2.02. The average molecular weight is 401 g/mol. The number of Topliss-reactive ketones (excluding diaryl/α,β-unsaturated/α-hetero) is 1. The van der Waals surface area contributed by atoms with Crippen LogP contribution in [0.2, 0.25) is 5.02 Å². The number of nitrogens with one attached hydrogen (secondary N) is 1. The second-order valence-corrected chi connectivity index (χ2v) is 6.50. The summed E-state index contributed by atoms with van der Waals surface area (Å²) in [6, 6.07) is 5.40. The molecule has 27 heavy (non-hydrogen) atoms. The summed E-state index contributed by atoms with van der Waals surface area (Å²) in [6.07, 6.45) is -1.74. The molecule has 0 aliphatic heterocycles. The van der Waals surface area contributed by atoms with Gasteiger partial charge in [-0.2, -0.15) is 13.2 Å². The molecule has 0 aliphatic rings. The van der Waals surface area contributed by atoms with Crippen molar-refractivity contribution in [1.29, 1.82) is 0 Å². The van der Waals surface area contributed by atoms with Crippen LogP contribution in [0.25, 0.3) is 0 Å². The van der Waals surface area contributed by atoms with Crippen molar-refractivity contribution >= 4 is 23.3 Å². The number of halogens is 4. The number of alkyl halides is 3. The van der Waals surface area contributed by atoms with Crippen molar-refractivity contribution < 1.29 is 27.5 Å². The fourth-order valence-electron chi connectivity index (χ4n) is 2.12. The Balaban J connectivity index is 1.98. The predicted octanol–water partition coefficient (Wildman–Crippen LogP) is 3.91. The van der Waals surface area contributed by atoms with Crippen LogP contribution in [-0.4, -0.2) is 28.8 Å². The Morgan fingerprint density at radius 1 is 1.15 bits per heavy atom. The van der Waals surface area contributed by atoms with Crippen molar-refractivity contribution in [2.75, 3.05) is 6.54 Å². The number of aromatic nitrogens is 1. The third-order valence-electron chi connectivity index (χ3n) is 3.58. The fraction of sp³-hybridized carbons (Fsp3) is 0.278. The van der Waals surface area contributed by atoms with Crippen LogP contribution in [0.15, 0.2) is 42.7 Å². The molecule has 0 atom stereocenters. The number of pyridine rings is 1. The fourth-order valence-corrected chi connectivity index (χ4v) is 2.35. The van der Waals surface area contributed by atoms with Gasteiger partial charge in [0.1, 0.15) is 5.75 Å². The standard InChI is InChI=1S/C18H16ClF3N2O3/c1-17(2,27-12-5-3-11(4-6-12)18(20,21)22)16(26)24-10-15(25)13-7-8-23-9-14(13)19/h3-9H,10H2,1-2H3,(H,24,26). The molecule has 1 amide bonds. The molecule has 0 unspecified atom stereocenters. The number of carbonyl (C=O) groups excluding carboxylic acids is 2. The molecule has 0 spiro atoms. The quantitative estimate of drug-likeness (QED) is 0.746. The van der Waals surface area contributed by atoms with E-state index >= 15 is 0 Å². The Morgan fingerprint density at radius 2 is 1.78 bits per heavy atom. The number of carbonyl (C=O) groups is 2. The van der Waals surface area contributed by atoms with E-state index in [0.717, 1.165) is 24.3 Å². The van der Waals surface area contributed by atoms with Crippen molar-refractivity contribution in [2.45, 2.75) is 25.6 Å². The van der Waals surface area contributed by atoms with Gasteiger partial charge in [-0.3, -0.25) is 14.6 Å². The highest BCUT2D eigenvalue weighted by molar-refractivity contribution is 6.33. The van der Waals surface area contributed by atoms with Gasteiger partial charge in [-0.15, -0.1) is 0 Å². The number of hydrogen-bond donors (Lipinski definition) is 1. The average Bonchev–Trinajstić information content (AvgIpc) is 2.59. The van der Waals surface area contributed by atoms with Crippen molar-refractivity contribution in [3.8, 4) is 5.75 Å². The van der Waals surface area contributed by atoms with Crippen LogP contribution in [-0.2, 0) is 11.0 Å². The normalized spacial score (nSPS) is 11.8. The Hall–Kier alpha value is -2.61. The second kappa shape index (κ2) is 7.96. The van der Waals surface area contributed by atoms with Crippen molar-refractivity contribution in [2.24, 2.45) is 0 Å².